The van der Waals surface area contributed by atoms with E-state index in [0.29, 0.717) is 18.9 Å². The third-order valence-electron chi connectivity index (χ3n) is 3.23. The molecule has 1 aromatic rings. The van der Waals surface area contributed by atoms with E-state index in [4.69, 9.17) is 5.11 Å². The standard InChI is InChI=1S/C15H24N2O3S/c1-11(2)9-12(14(18)19)10-16-15(20)17(3)7-6-13-5-4-8-21-13/h4-5,8,11-12H,6-7,9-10H2,1-3H3,(H,16,20)(H,18,19). The molecule has 0 radical (unpaired) electrons. The molecule has 21 heavy (non-hydrogen) atoms. The number of hydrogen-bond acceptors (Lipinski definition) is 3. The molecule has 2 amide bonds. The lowest BCUT2D eigenvalue weighted by Crippen LogP contribution is -2.42. The summed E-state index contributed by atoms with van der Waals surface area (Å²) < 4.78 is 0. The highest BCUT2D eigenvalue weighted by atomic mass is 32.1. The van der Waals surface area contributed by atoms with Crippen LogP contribution in [0.2, 0.25) is 0 Å². The number of nitrogens with zero attached hydrogens (tertiary/aromatic N) is 1. The maximum absolute atomic E-state index is 11.9. The molecule has 118 valence electrons. The number of carboxylic acid groups (broad SMARTS) is 1. The molecule has 0 saturated heterocycles. The number of aliphatic carboxylic acids is 1. The first kappa shape index (κ1) is 17.5. The Morgan fingerprint density at radius 1 is 1.43 bits per heavy atom. The predicted molar refractivity (Wildman–Crippen MR) is 84.6 cm³/mol. The van der Waals surface area contributed by atoms with E-state index in [1.54, 1.807) is 23.3 Å². The summed E-state index contributed by atoms with van der Waals surface area (Å²) in [7, 11) is 1.72. The first-order valence-corrected chi connectivity index (χ1v) is 8.02. The SMILES string of the molecule is CC(C)CC(CNC(=O)N(C)CCc1cccs1)C(=O)O. The average molecular weight is 312 g/mol. The van der Waals surface area contributed by atoms with E-state index < -0.39 is 11.9 Å². The fourth-order valence-corrected chi connectivity index (χ4v) is 2.72. The van der Waals surface area contributed by atoms with Crippen LogP contribution >= 0.6 is 11.3 Å². The van der Waals surface area contributed by atoms with Gasteiger partial charge in [0.1, 0.15) is 0 Å². The fourth-order valence-electron chi connectivity index (χ4n) is 2.02. The maximum atomic E-state index is 11.9. The Kier molecular flexibility index (Phi) is 7.22. The zero-order valence-electron chi connectivity index (χ0n) is 12.8. The predicted octanol–water partition coefficient (Wildman–Crippen LogP) is 2.68. The second-order valence-electron chi connectivity index (χ2n) is 5.60. The Morgan fingerprint density at radius 3 is 2.67 bits per heavy atom. The summed E-state index contributed by atoms with van der Waals surface area (Å²) >= 11 is 1.67. The lowest BCUT2D eigenvalue weighted by molar-refractivity contribution is -0.142. The highest BCUT2D eigenvalue weighted by Gasteiger charge is 2.20. The molecule has 6 heteroatoms. The lowest BCUT2D eigenvalue weighted by atomic mass is 9.97. The van der Waals surface area contributed by atoms with Crippen molar-refractivity contribution >= 4 is 23.3 Å². The molecule has 0 spiro atoms. The van der Waals surface area contributed by atoms with Gasteiger partial charge in [0, 0.05) is 25.0 Å². The van der Waals surface area contributed by atoms with Gasteiger partial charge in [-0.3, -0.25) is 4.79 Å². The molecule has 1 atom stereocenters. The number of rotatable bonds is 8. The second-order valence-corrected chi connectivity index (χ2v) is 6.63. The van der Waals surface area contributed by atoms with Crippen LogP contribution in [-0.2, 0) is 11.2 Å². The van der Waals surface area contributed by atoms with Gasteiger partial charge in [0.15, 0.2) is 0 Å². The summed E-state index contributed by atoms with van der Waals surface area (Å²) in [6.45, 7) is 4.75. The largest absolute Gasteiger partial charge is 0.481 e. The molecule has 1 aromatic heterocycles. The quantitative estimate of drug-likeness (QED) is 0.775. The molecular formula is C15H24N2O3S. The number of carboxylic acids is 1. The summed E-state index contributed by atoms with van der Waals surface area (Å²) in [6.07, 6.45) is 1.38. The third kappa shape index (κ3) is 6.62. The number of urea groups is 1. The van der Waals surface area contributed by atoms with Crippen molar-refractivity contribution in [2.75, 3.05) is 20.1 Å². The van der Waals surface area contributed by atoms with Crippen molar-refractivity contribution in [1.82, 2.24) is 10.2 Å². The molecule has 0 bridgehead atoms. The summed E-state index contributed by atoms with van der Waals surface area (Å²) in [6, 6.07) is 3.81. The summed E-state index contributed by atoms with van der Waals surface area (Å²) in [4.78, 5) is 25.9. The van der Waals surface area contributed by atoms with E-state index in [1.807, 2.05) is 31.4 Å². The van der Waals surface area contributed by atoms with E-state index in [-0.39, 0.29) is 12.6 Å². The van der Waals surface area contributed by atoms with Crippen LogP contribution in [0.5, 0.6) is 0 Å². The van der Waals surface area contributed by atoms with Crippen LogP contribution < -0.4 is 5.32 Å². The van der Waals surface area contributed by atoms with Crippen LogP contribution in [0, 0.1) is 11.8 Å². The zero-order chi connectivity index (χ0) is 15.8. The minimum Gasteiger partial charge on any atom is -0.481 e. The van der Waals surface area contributed by atoms with Crippen molar-refractivity contribution in [2.45, 2.75) is 26.7 Å². The molecule has 0 aliphatic carbocycles. The first-order valence-electron chi connectivity index (χ1n) is 7.14. The van der Waals surface area contributed by atoms with Gasteiger partial charge in [0.05, 0.1) is 5.92 Å². The van der Waals surface area contributed by atoms with Crippen LogP contribution in [0.1, 0.15) is 25.1 Å². The molecule has 0 aromatic carbocycles. The smallest absolute Gasteiger partial charge is 0.317 e. The topological polar surface area (TPSA) is 69.6 Å². The molecule has 0 aliphatic heterocycles. The summed E-state index contributed by atoms with van der Waals surface area (Å²) in [5, 5.41) is 13.9. The highest BCUT2D eigenvalue weighted by Crippen LogP contribution is 2.12. The zero-order valence-corrected chi connectivity index (χ0v) is 13.7. The molecular weight excluding hydrogens is 288 g/mol. The number of nitrogens with one attached hydrogen (secondary N) is 1. The van der Waals surface area contributed by atoms with E-state index >= 15 is 0 Å². The molecule has 0 saturated carbocycles. The Balaban J connectivity index is 2.35. The van der Waals surface area contributed by atoms with E-state index in [9.17, 15) is 9.59 Å². The van der Waals surface area contributed by atoms with Crippen LogP contribution in [0.25, 0.3) is 0 Å². The number of hydrogen-bond donors (Lipinski definition) is 2. The van der Waals surface area contributed by atoms with E-state index in [0.717, 1.165) is 6.42 Å². The number of likely N-dealkylation sites (N-methyl/N-ethyl adjacent to an activating group) is 1. The van der Waals surface area contributed by atoms with Crippen molar-refractivity contribution < 1.29 is 14.7 Å². The normalized spacial score (nSPS) is 12.2. The van der Waals surface area contributed by atoms with E-state index in [2.05, 4.69) is 5.32 Å². The molecule has 5 nitrogen and oxygen atoms in total. The Morgan fingerprint density at radius 2 is 2.14 bits per heavy atom. The molecule has 1 heterocycles. The van der Waals surface area contributed by atoms with Gasteiger partial charge in [-0.2, -0.15) is 0 Å². The van der Waals surface area contributed by atoms with Crippen molar-refractivity contribution in [3.63, 3.8) is 0 Å². The van der Waals surface area contributed by atoms with Gasteiger partial charge in [-0.25, -0.2) is 4.79 Å². The number of amides is 2. The van der Waals surface area contributed by atoms with Gasteiger partial charge in [-0.1, -0.05) is 19.9 Å². The van der Waals surface area contributed by atoms with Crippen molar-refractivity contribution in [2.24, 2.45) is 11.8 Å². The molecule has 0 aliphatic rings. The monoisotopic (exact) mass is 312 g/mol. The second kappa shape index (κ2) is 8.67. The summed E-state index contributed by atoms with van der Waals surface area (Å²) in [5.41, 5.74) is 0. The number of carbonyl (C=O) groups excluding carboxylic acids is 1. The first-order chi connectivity index (χ1) is 9.90. The number of thiophene rings is 1. The van der Waals surface area contributed by atoms with Gasteiger partial charge in [0.2, 0.25) is 0 Å². The van der Waals surface area contributed by atoms with Crippen LogP contribution in [0.15, 0.2) is 17.5 Å². The van der Waals surface area contributed by atoms with Crippen molar-refractivity contribution in [1.29, 1.82) is 0 Å². The van der Waals surface area contributed by atoms with Gasteiger partial charge < -0.3 is 15.3 Å². The Hall–Kier alpha value is -1.56. The molecule has 2 N–H and O–H groups in total. The third-order valence-corrected chi connectivity index (χ3v) is 4.16. The van der Waals surface area contributed by atoms with Gasteiger partial charge >= 0.3 is 12.0 Å². The molecule has 1 unspecified atom stereocenters. The van der Waals surface area contributed by atoms with Gasteiger partial charge in [-0.15, -0.1) is 11.3 Å². The maximum Gasteiger partial charge on any atom is 0.317 e. The van der Waals surface area contributed by atoms with Crippen molar-refractivity contribution in [3.05, 3.63) is 22.4 Å². The molecule has 1 rings (SSSR count). The van der Waals surface area contributed by atoms with Crippen LogP contribution in [0.4, 0.5) is 4.79 Å². The fraction of sp³-hybridized carbons (Fsp3) is 0.600. The minimum absolute atomic E-state index is 0.176. The lowest BCUT2D eigenvalue weighted by Gasteiger charge is -2.20. The Labute approximate surface area is 130 Å². The van der Waals surface area contributed by atoms with Gasteiger partial charge in [-0.05, 0) is 30.2 Å². The van der Waals surface area contributed by atoms with Gasteiger partial charge in [0.25, 0.3) is 0 Å². The molecule has 0 fully saturated rings. The summed E-state index contributed by atoms with van der Waals surface area (Å²) in [5.74, 6) is -1.09. The van der Waals surface area contributed by atoms with Crippen molar-refractivity contribution in [3.8, 4) is 0 Å². The average Bonchev–Trinajstić information content (AvgIpc) is 2.92. The highest BCUT2D eigenvalue weighted by molar-refractivity contribution is 7.09. The van der Waals surface area contributed by atoms with E-state index in [1.165, 1.54) is 4.88 Å². The minimum atomic E-state index is -0.856. The Bertz CT molecular complexity index is 446. The van der Waals surface area contributed by atoms with Crippen LogP contribution in [0.3, 0.4) is 0 Å². The van der Waals surface area contributed by atoms with Crippen LogP contribution in [-0.4, -0.2) is 42.1 Å². The number of carbonyl (C=O) groups is 2.